The van der Waals surface area contributed by atoms with Crippen molar-refractivity contribution in [1.29, 1.82) is 0 Å². The molecule has 0 radical (unpaired) electrons. The van der Waals surface area contributed by atoms with Gasteiger partial charge in [0.2, 0.25) is 0 Å². The number of hydrogen-bond donors (Lipinski definition) is 0. The molecule has 3 aromatic rings. The molecule has 0 aliphatic heterocycles. The number of ether oxygens (including phenoxy) is 1. The summed E-state index contributed by atoms with van der Waals surface area (Å²) in [4.78, 5) is 6.80. The number of aromatic nitrogens is 2. The van der Waals surface area contributed by atoms with Gasteiger partial charge in [-0.25, -0.2) is 4.39 Å². The van der Waals surface area contributed by atoms with Gasteiger partial charge in [0.1, 0.15) is 11.6 Å². The normalized spacial score (nSPS) is 17.4. The second-order valence-electron chi connectivity index (χ2n) is 8.67. The van der Waals surface area contributed by atoms with Crippen LogP contribution in [0.15, 0.2) is 58.6 Å². The first kappa shape index (κ1) is 22.2. The minimum Gasteiger partial charge on any atom is -0.497 e. The van der Waals surface area contributed by atoms with Crippen LogP contribution in [0.1, 0.15) is 54.6 Å². The highest BCUT2D eigenvalue weighted by Crippen LogP contribution is 2.39. The Balaban J connectivity index is 1.37. The molecule has 0 saturated heterocycles. The van der Waals surface area contributed by atoms with E-state index in [2.05, 4.69) is 29.1 Å². The monoisotopic (exact) mass is 435 g/mol. The van der Waals surface area contributed by atoms with E-state index in [0.29, 0.717) is 24.1 Å². The molecule has 4 rings (SSSR count). The molecule has 1 aromatic heterocycles. The van der Waals surface area contributed by atoms with E-state index < -0.39 is 0 Å². The Labute approximate surface area is 188 Å². The van der Waals surface area contributed by atoms with Crippen LogP contribution in [0.2, 0.25) is 0 Å². The molecule has 0 N–H and O–H groups in total. The average Bonchev–Trinajstić information content (AvgIpc) is 3.23. The Bertz CT molecular complexity index is 1030. The van der Waals surface area contributed by atoms with Gasteiger partial charge in [0.15, 0.2) is 5.82 Å². The number of hydrogen-bond acceptors (Lipinski definition) is 5. The zero-order chi connectivity index (χ0) is 22.5. The van der Waals surface area contributed by atoms with Gasteiger partial charge in [-0.3, -0.25) is 0 Å². The summed E-state index contributed by atoms with van der Waals surface area (Å²) in [7, 11) is 5.86. The molecule has 1 unspecified atom stereocenters. The van der Waals surface area contributed by atoms with Crippen molar-refractivity contribution in [2.45, 2.75) is 38.1 Å². The van der Waals surface area contributed by atoms with Gasteiger partial charge in [-0.2, -0.15) is 4.98 Å². The Hall–Kier alpha value is -2.99. The molecule has 1 aliphatic carbocycles. The third kappa shape index (κ3) is 5.43. The summed E-state index contributed by atoms with van der Waals surface area (Å²) in [5, 5.41) is 4.13. The molecule has 0 bridgehead atoms. The SMILES string of the molecule is COc1ccc(Cc2noc(C=C3CCC(C(c4ccc(F)cc4)N(C)C)CC3)n2)cc1. The summed E-state index contributed by atoms with van der Waals surface area (Å²) in [6.07, 6.45) is 6.85. The summed E-state index contributed by atoms with van der Waals surface area (Å²) >= 11 is 0. The first-order chi connectivity index (χ1) is 15.5. The number of halogens is 1. The summed E-state index contributed by atoms with van der Waals surface area (Å²) in [6, 6.07) is 15.1. The molecule has 1 saturated carbocycles. The highest BCUT2D eigenvalue weighted by Gasteiger charge is 2.28. The predicted molar refractivity (Wildman–Crippen MR) is 123 cm³/mol. The maximum atomic E-state index is 13.4. The van der Waals surface area contributed by atoms with Gasteiger partial charge in [-0.15, -0.1) is 0 Å². The van der Waals surface area contributed by atoms with Crippen molar-refractivity contribution in [1.82, 2.24) is 15.0 Å². The lowest BCUT2D eigenvalue weighted by atomic mass is 9.78. The molecule has 0 spiro atoms. The van der Waals surface area contributed by atoms with Crippen LogP contribution in [0.5, 0.6) is 5.75 Å². The number of methoxy groups -OCH3 is 1. The standard InChI is InChI=1S/C26H30FN3O2/c1-30(2)26(21-10-12-22(27)13-11-21)20-8-4-19(5-9-20)17-25-28-24(29-32-25)16-18-6-14-23(31-3)15-7-18/h6-7,10-15,17,20,26H,4-5,8-9,16H2,1-3H3. The van der Waals surface area contributed by atoms with Crippen LogP contribution < -0.4 is 4.74 Å². The lowest BCUT2D eigenvalue weighted by molar-refractivity contribution is 0.183. The number of rotatable bonds is 7. The molecule has 1 aliphatic rings. The zero-order valence-electron chi connectivity index (χ0n) is 18.9. The Morgan fingerprint density at radius 2 is 1.78 bits per heavy atom. The maximum Gasteiger partial charge on any atom is 0.250 e. The van der Waals surface area contributed by atoms with Gasteiger partial charge in [0, 0.05) is 18.5 Å². The predicted octanol–water partition coefficient (Wildman–Crippen LogP) is 5.68. The van der Waals surface area contributed by atoms with Crippen molar-refractivity contribution in [2.24, 2.45) is 5.92 Å². The van der Waals surface area contributed by atoms with Gasteiger partial charge in [0.25, 0.3) is 5.89 Å². The summed E-state index contributed by atoms with van der Waals surface area (Å²) in [5.74, 6) is 2.43. The highest BCUT2D eigenvalue weighted by atomic mass is 19.1. The van der Waals surface area contributed by atoms with Crippen molar-refractivity contribution < 1.29 is 13.7 Å². The second-order valence-corrected chi connectivity index (χ2v) is 8.67. The maximum absolute atomic E-state index is 13.4. The van der Waals surface area contributed by atoms with Crippen LogP contribution in [0.3, 0.4) is 0 Å². The molecule has 1 fully saturated rings. The smallest absolute Gasteiger partial charge is 0.250 e. The van der Waals surface area contributed by atoms with E-state index in [4.69, 9.17) is 9.26 Å². The van der Waals surface area contributed by atoms with Crippen molar-refractivity contribution in [2.75, 3.05) is 21.2 Å². The molecule has 1 heterocycles. The first-order valence-electron chi connectivity index (χ1n) is 11.1. The molecule has 6 heteroatoms. The lowest BCUT2D eigenvalue weighted by Crippen LogP contribution is -2.29. The number of benzene rings is 2. The van der Waals surface area contributed by atoms with Gasteiger partial charge >= 0.3 is 0 Å². The molecule has 32 heavy (non-hydrogen) atoms. The van der Waals surface area contributed by atoms with Gasteiger partial charge in [-0.1, -0.05) is 35.0 Å². The molecule has 5 nitrogen and oxygen atoms in total. The van der Waals surface area contributed by atoms with E-state index in [-0.39, 0.29) is 11.9 Å². The lowest BCUT2D eigenvalue weighted by Gasteiger charge is -2.36. The minimum atomic E-state index is -0.189. The molecule has 0 amide bonds. The summed E-state index contributed by atoms with van der Waals surface area (Å²) in [6.45, 7) is 0. The fraction of sp³-hybridized carbons (Fsp3) is 0.385. The fourth-order valence-corrected chi connectivity index (χ4v) is 4.62. The van der Waals surface area contributed by atoms with Gasteiger partial charge in [-0.05, 0) is 81.1 Å². The third-order valence-corrected chi connectivity index (χ3v) is 6.22. The van der Waals surface area contributed by atoms with Crippen LogP contribution in [0.25, 0.3) is 6.08 Å². The Morgan fingerprint density at radius 1 is 1.09 bits per heavy atom. The van der Waals surface area contributed by atoms with Crippen molar-refractivity contribution in [3.8, 4) is 5.75 Å². The molecular formula is C26H30FN3O2. The van der Waals surface area contributed by atoms with Gasteiger partial charge in [0.05, 0.1) is 7.11 Å². The highest BCUT2D eigenvalue weighted by molar-refractivity contribution is 5.44. The first-order valence-corrected chi connectivity index (χ1v) is 11.1. The van der Waals surface area contributed by atoms with E-state index in [1.165, 1.54) is 11.1 Å². The molecule has 1 atom stereocenters. The molecular weight excluding hydrogens is 405 g/mol. The van der Waals surface area contributed by atoms with Crippen molar-refractivity contribution in [3.63, 3.8) is 0 Å². The van der Waals surface area contributed by atoms with Crippen LogP contribution in [0.4, 0.5) is 4.39 Å². The quantitative estimate of drug-likeness (QED) is 0.478. The average molecular weight is 436 g/mol. The van der Waals surface area contributed by atoms with Crippen LogP contribution >= 0.6 is 0 Å². The largest absolute Gasteiger partial charge is 0.497 e. The van der Waals surface area contributed by atoms with Gasteiger partial charge < -0.3 is 14.2 Å². The number of allylic oxidation sites excluding steroid dienone is 1. The van der Waals surface area contributed by atoms with Crippen LogP contribution in [-0.2, 0) is 6.42 Å². The van der Waals surface area contributed by atoms with E-state index in [0.717, 1.165) is 37.0 Å². The van der Waals surface area contributed by atoms with E-state index in [9.17, 15) is 4.39 Å². The third-order valence-electron chi connectivity index (χ3n) is 6.22. The number of nitrogens with zero attached hydrogens (tertiary/aromatic N) is 3. The minimum absolute atomic E-state index is 0.189. The van der Waals surface area contributed by atoms with E-state index >= 15 is 0 Å². The molecule has 2 aromatic carbocycles. The van der Waals surface area contributed by atoms with Crippen LogP contribution in [-0.4, -0.2) is 36.2 Å². The fourth-order valence-electron chi connectivity index (χ4n) is 4.62. The second kappa shape index (κ2) is 10.1. The van der Waals surface area contributed by atoms with Crippen LogP contribution in [0, 0.1) is 11.7 Å². The van der Waals surface area contributed by atoms with E-state index in [1.807, 2.05) is 42.5 Å². The van der Waals surface area contributed by atoms with E-state index in [1.54, 1.807) is 19.2 Å². The molecule has 168 valence electrons. The Kier molecular flexibility index (Phi) is 7.00. The summed E-state index contributed by atoms with van der Waals surface area (Å²) in [5.41, 5.74) is 3.63. The van der Waals surface area contributed by atoms with Crippen molar-refractivity contribution >= 4 is 6.08 Å². The topological polar surface area (TPSA) is 51.4 Å². The van der Waals surface area contributed by atoms with Crippen molar-refractivity contribution in [3.05, 3.63) is 82.8 Å². The Morgan fingerprint density at radius 3 is 2.41 bits per heavy atom. The zero-order valence-corrected chi connectivity index (χ0v) is 18.9. The summed E-state index contributed by atoms with van der Waals surface area (Å²) < 4.78 is 24.0.